The minimum atomic E-state index is 0.121. The third kappa shape index (κ3) is 1.84. The summed E-state index contributed by atoms with van der Waals surface area (Å²) in [5.41, 5.74) is 8.62. The Morgan fingerprint density at radius 3 is 2.91 bits per heavy atom. The number of likely N-dealkylation sites (tertiary alicyclic amines) is 1. The molecular weight excluding hydrogens is 276 g/mol. The zero-order valence-electron chi connectivity index (χ0n) is 13.3. The summed E-state index contributed by atoms with van der Waals surface area (Å²) in [6, 6.07) is 5.93. The summed E-state index contributed by atoms with van der Waals surface area (Å²) >= 11 is 0. The third-order valence-corrected chi connectivity index (χ3v) is 5.35. The van der Waals surface area contributed by atoms with Crippen molar-refractivity contribution in [3.05, 3.63) is 23.8 Å². The van der Waals surface area contributed by atoms with Crippen molar-refractivity contribution in [1.82, 2.24) is 14.9 Å². The number of hydrogen-bond acceptors (Lipinski definition) is 3. The third-order valence-electron chi connectivity index (χ3n) is 5.35. The van der Waals surface area contributed by atoms with Gasteiger partial charge in [0, 0.05) is 23.6 Å². The Labute approximate surface area is 129 Å². The second-order valence-corrected chi connectivity index (χ2v) is 8.00. The minimum absolute atomic E-state index is 0.121. The molecule has 5 heteroatoms. The molecule has 2 atom stereocenters. The van der Waals surface area contributed by atoms with E-state index in [1.807, 2.05) is 23.1 Å². The molecule has 1 amide bonds. The van der Waals surface area contributed by atoms with Gasteiger partial charge in [-0.2, -0.15) is 0 Å². The fourth-order valence-electron chi connectivity index (χ4n) is 4.63. The van der Waals surface area contributed by atoms with Crippen LogP contribution in [-0.4, -0.2) is 33.4 Å². The van der Waals surface area contributed by atoms with Gasteiger partial charge in [-0.15, -0.1) is 0 Å². The van der Waals surface area contributed by atoms with Gasteiger partial charge < -0.3 is 15.6 Å². The van der Waals surface area contributed by atoms with Crippen LogP contribution in [0.15, 0.2) is 18.2 Å². The number of hydrogen-bond donors (Lipinski definition) is 2. The summed E-state index contributed by atoms with van der Waals surface area (Å²) in [6.07, 6.45) is 2.29. The molecule has 2 heterocycles. The molecule has 0 bridgehead atoms. The lowest BCUT2D eigenvalue weighted by Crippen LogP contribution is -2.62. The monoisotopic (exact) mass is 298 g/mol. The van der Waals surface area contributed by atoms with Crippen molar-refractivity contribution in [2.24, 2.45) is 10.8 Å². The van der Waals surface area contributed by atoms with Crippen LogP contribution in [0.5, 0.6) is 0 Å². The number of aromatic amines is 1. The first-order chi connectivity index (χ1) is 10.3. The fourth-order valence-corrected chi connectivity index (χ4v) is 4.63. The Hall–Kier alpha value is -2.04. The highest BCUT2D eigenvalue weighted by molar-refractivity contribution is 5.98. The topological polar surface area (TPSA) is 75.0 Å². The maximum atomic E-state index is 12.8. The molecule has 1 aliphatic heterocycles. The number of nitrogens with one attached hydrogen (secondary N) is 1. The Morgan fingerprint density at radius 2 is 2.18 bits per heavy atom. The second-order valence-electron chi connectivity index (χ2n) is 8.00. The number of nitrogens with two attached hydrogens (primary N) is 1. The van der Waals surface area contributed by atoms with Crippen molar-refractivity contribution < 1.29 is 4.79 Å². The quantitative estimate of drug-likeness (QED) is 0.850. The highest BCUT2D eigenvalue weighted by Crippen LogP contribution is 2.57. The van der Waals surface area contributed by atoms with E-state index < -0.39 is 0 Å². The molecule has 0 radical (unpaired) electrons. The number of carbonyl (C=O) groups excluding carboxylic acids is 1. The van der Waals surface area contributed by atoms with Gasteiger partial charge in [0.05, 0.1) is 11.0 Å². The number of nitrogen functional groups attached to an aromatic ring is 1. The number of fused-ring (bicyclic) bond motifs is 2. The van der Waals surface area contributed by atoms with Gasteiger partial charge in [0.25, 0.3) is 5.91 Å². The van der Waals surface area contributed by atoms with Gasteiger partial charge in [-0.05, 0) is 36.5 Å². The molecule has 1 aromatic carbocycles. The standard InChI is InChI=1S/C17H22N4O/c1-16(2)7-13-17(3,8-16)9-21(13)14(22)10-4-5-11-12(6-10)20-15(18)19-11/h4-6,13H,7-9H2,1-3H3,(H3,18,19,20). The van der Waals surface area contributed by atoms with E-state index >= 15 is 0 Å². The predicted octanol–water partition coefficient (Wildman–Crippen LogP) is 2.80. The van der Waals surface area contributed by atoms with Crippen molar-refractivity contribution in [3.8, 4) is 0 Å². The normalized spacial score (nSPS) is 29.4. The number of imidazole rings is 1. The molecular formula is C17H22N4O. The molecule has 2 unspecified atom stereocenters. The van der Waals surface area contributed by atoms with Crippen molar-refractivity contribution in [3.63, 3.8) is 0 Å². The van der Waals surface area contributed by atoms with E-state index in [0.717, 1.165) is 24.0 Å². The van der Waals surface area contributed by atoms with Gasteiger partial charge in [-0.25, -0.2) is 4.98 Å². The Bertz CT molecular complexity index is 778. The van der Waals surface area contributed by atoms with Gasteiger partial charge in [0.15, 0.2) is 5.95 Å². The maximum absolute atomic E-state index is 12.8. The van der Waals surface area contributed by atoms with Crippen LogP contribution in [0.2, 0.25) is 0 Å². The molecule has 116 valence electrons. The summed E-state index contributed by atoms with van der Waals surface area (Å²) in [6.45, 7) is 7.79. The van der Waals surface area contributed by atoms with E-state index in [4.69, 9.17) is 5.73 Å². The van der Waals surface area contributed by atoms with E-state index in [-0.39, 0.29) is 5.91 Å². The number of aromatic nitrogens is 2. The van der Waals surface area contributed by atoms with Gasteiger partial charge in [-0.1, -0.05) is 20.8 Å². The van der Waals surface area contributed by atoms with Crippen LogP contribution in [0, 0.1) is 10.8 Å². The van der Waals surface area contributed by atoms with E-state index in [9.17, 15) is 4.79 Å². The van der Waals surface area contributed by atoms with Gasteiger partial charge in [0.2, 0.25) is 0 Å². The molecule has 2 aliphatic rings. The number of anilines is 1. The molecule has 4 rings (SSSR count). The van der Waals surface area contributed by atoms with Crippen molar-refractivity contribution >= 4 is 22.9 Å². The molecule has 2 fully saturated rings. The molecule has 1 aliphatic carbocycles. The number of carbonyl (C=O) groups is 1. The average Bonchev–Trinajstić information content (AvgIpc) is 2.87. The van der Waals surface area contributed by atoms with E-state index in [1.54, 1.807) is 0 Å². The first kappa shape index (κ1) is 13.6. The zero-order chi connectivity index (χ0) is 15.7. The van der Waals surface area contributed by atoms with Crippen LogP contribution in [-0.2, 0) is 0 Å². The van der Waals surface area contributed by atoms with Crippen molar-refractivity contribution in [2.45, 2.75) is 39.7 Å². The number of benzene rings is 1. The second kappa shape index (κ2) is 4.03. The van der Waals surface area contributed by atoms with Crippen LogP contribution in [0.3, 0.4) is 0 Å². The molecule has 1 saturated carbocycles. The first-order valence-electron chi connectivity index (χ1n) is 7.84. The SMILES string of the molecule is CC1(C)CC2N(C(=O)c3ccc4nc(N)[nH]c4c3)CC2(C)C1. The molecule has 0 spiro atoms. The van der Waals surface area contributed by atoms with Gasteiger partial charge in [0.1, 0.15) is 0 Å². The van der Waals surface area contributed by atoms with Crippen molar-refractivity contribution in [1.29, 1.82) is 0 Å². The minimum Gasteiger partial charge on any atom is -0.369 e. The summed E-state index contributed by atoms with van der Waals surface area (Å²) in [5.74, 6) is 0.504. The lowest BCUT2D eigenvalue weighted by molar-refractivity contribution is -0.0216. The Morgan fingerprint density at radius 1 is 1.41 bits per heavy atom. The largest absolute Gasteiger partial charge is 0.369 e. The Kier molecular flexibility index (Phi) is 2.49. The number of nitrogens with zero attached hydrogens (tertiary/aromatic N) is 2. The summed E-state index contributed by atoms with van der Waals surface area (Å²) in [7, 11) is 0. The smallest absolute Gasteiger partial charge is 0.254 e. The van der Waals surface area contributed by atoms with Crippen LogP contribution >= 0.6 is 0 Å². The van der Waals surface area contributed by atoms with Gasteiger partial charge >= 0.3 is 0 Å². The predicted molar refractivity (Wildman–Crippen MR) is 86.5 cm³/mol. The van der Waals surface area contributed by atoms with E-state index in [1.165, 1.54) is 6.42 Å². The fraction of sp³-hybridized carbons (Fsp3) is 0.529. The average molecular weight is 298 g/mol. The number of H-pyrrole nitrogens is 1. The maximum Gasteiger partial charge on any atom is 0.254 e. The summed E-state index contributed by atoms with van der Waals surface area (Å²) in [5, 5.41) is 0. The number of amides is 1. The van der Waals surface area contributed by atoms with E-state index in [0.29, 0.717) is 28.4 Å². The van der Waals surface area contributed by atoms with Crippen LogP contribution in [0.1, 0.15) is 44.0 Å². The summed E-state index contributed by atoms with van der Waals surface area (Å²) < 4.78 is 0. The molecule has 1 saturated heterocycles. The highest BCUT2D eigenvalue weighted by Gasteiger charge is 2.59. The molecule has 3 N–H and O–H groups in total. The number of rotatable bonds is 1. The summed E-state index contributed by atoms with van der Waals surface area (Å²) in [4.78, 5) is 22.0. The lowest BCUT2D eigenvalue weighted by Gasteiger charge is -2.52. The molecule has 2 aromatic rings. The molecule has 1 aromatic heterocycles. The zero-order valence-corrected chi connectivity index (χ0v) is 13.3. The van der Waals surface area contributed by atoms with Crippen LogP contribution < -0.4 is 5.73 Å². The Balaban J connectivity index is 1.62. The van der Waals surface area contributed by atoms with Crippen LogP contribution in [0.4, 0.5) is 5.95 Å². The lowest BCUT2D eigenvalue weighted by atomic mass is 9.74. The van der Waals surface area contributed by atoms with E-state index in [2.05, 4.69) is 30.7 Å². The van der Waals surface area contributed by atoms with Crippen LogP contribution in [0.25, 0.3) is 11.0 Å². The first-order valence-corrected chi connectivity index (χ1v) is 7.84. The highest BCUT2D eigenvalue weighted by atomic mass is 16.2. The molecule has 5 nitrogen and oxygen atoms in total. The molecule has 22 heavy (non-hydrogen) atoms. The van der Waals surface area contributed by atoms with Crippen molar-refractivity contribution in [2.75, 3.05) is 12.3 Å². The van der Waals surface area contributed by atoms with Gasteiger partial charge in [-0.3, -0.25) is 4.79 Å².